The van der Waals surface area contributed by atoms with Crippen LogP contribution in [0.15, 0.2) is 18.2 Å². The van der Waals surface area contributed by atoms with Crippen LogP contribution in [0, 0.1) is 5.41 Å². The number of rotatable bonds is 3. The van der Waals surface area contributed by atoms with Gasteiger partial charge in [-0.1, -0.05) is 13.8 Å². The van der Waals surface area contributed by atoms with Crippen molar-refractivity contribution in [1.29, 1.82) is 0 Å². The van der Waals surface area contributed by atoms with Gasteiger partial charge in [-0.05, 0) is 49.9 Å². The molecule has 0 radical (unpaired) electrons. The van der Waals surface area contributed by atoms with Crippen molar-refractivity contribution in [1.82, 2.24) is 0 Å². The summed E-state index contributed by atoms with van der Waals surface area (Å²) in [5, 5.41) is 2.83. The molecule has 22 heavy (non-hydrogen) atoms. The quantitative estimate of drug-likeness (QED) is 0.896. The van der Waals surface area contributed by atoms with Gasteiger partial charge in [0.25, 0.3) is 0 Å². The number of hydrogen-bond donors (Lipinski definition) is 2. The van der Waals surface area contributed by atoms with Crippen LogP contribution in [0.1, 0.15) is 46.1 Å². The topological polar surface area (TPSA) is 73.6 Å². The van der Waals surface area contributed by atoms with Crippen molar-refractivity contribution >= 4 is 11.8 Å². The lowest BCUT2D eigenvalue weighted by Crippen LogP contribution is -2.27. The molecule has 1 saturated carbocycles. The van der Waals surface area contributed by atoms with E-state index < -0.39 is 11.7 Å². The number of ether oxygens (including phenoxy) is 2. The number of hydrogen-bond acceptors (Lipinski definition) is 4. The van der Waals surface area contributed by atoms with Crippen LogP contribution in [-0.4, -0.2) is 24.8 Å². The molecule has 1 aliphatic carbocycles. The van der Waals surface area contributed by atoms with Crippen LogP contribution in [0.2, 0.25) is 0 Å². The van der Waals surface area contributed by atoms with Crippen molar-refractivity contribution in [3.05, 3.63) is 23.8 Å². The van der Waals surface area contributed by atoms with Gasteiger partial charge in [0, 0.05) is 17.6 Å². The number of methoxy groups -OCH3 is 1. The van der Waals surface area contributed by atoms with E-state index in [4.69, 9.17) is 15.2 Å². The molecule has 0 aromatic heterocycles. The number of benzene rings is 1. The first-order valence-corrected chi connectivity index (χ1v) is 7.50. The number of amides is 1. The predicted molar refractivity (Wildman–Crippen MR) is 87.3 cm³/mol. The number of carbonyl (C=O) groups excluding carboxylic acids is 1. The molecule has 5 heteroatoms. The van der Waals surface area contributed by atoms with Gasteiger partial charge in [-0.15, -0.1) is 0 Å². The van der Waals surface area contributed by atoms with Gasteiger partial charge >= 0.3 is 6.09 Å². The van der Waals surface area contributed by atoms with E-state index in [1.54, 1.807) is 7.11 Å². The van der Waals surface area contributed by atoms with Crippen LogP contribution < -0.4 is 15.8 Å². The molecule has 0 aliphatic heterocycles. The Bertz CT molecular complexity index is 576. The van der Waals surface area contributed by atoms with Crippen molar-refractivity contribution in [2.75, 3.05) is 12.4 Å². The zero-order chi connectivity index (χ0) is 16.7. The Morgan fingerprint density at radius 3 is 2.36 bits per heavy atom. The lowest BCUT2D eigenvalue weighted by Gasteiger charge is -2.21. The van der Waals surface area contributed by atoms with E-state index in [1.165, 1.54) is 0 Å². The Kier molecular flexibility index (Phi) is 4.13. The van der Waals surface area contributed by atoms with Crippen LogP contribution in [0.5, 0.6) is 5.75 Å². The van der Waals surface area contributed by atoms with Gasteiger partial charge in [-0.2, -0.15) is 0 Å². The summed E-state index contributed by atoms with van der Waals surface area (Å²) < 4.78 is 10.6. The monoisotopic (exact) mass is 306 g/mol. The van der Waals surface area contributed by atoms with Crippen LogP contribution in [0.4, 0.5) is 10.5 Å². The van der Waals surface area contributed by atoms with Gasteiger partial charge < -0.3 is 15.2 Å². The number of nitrogens with two attached hydrogens (primary N) is 1. The lowest BCUT2D eigenvalue weighted by molar-refractivity contribution is 0.0635. The van der Waals surface area contributed by atoms with Gasteiger partial charge in [0.2, 0.25) is 0 Å². The normalized spacial score (nSPS) is 22.9. The van der Waals surface area contributed by atoms with Crippen molar-refractivity contribution in [2.24, 2.45) is 11.1 Å². The first-order chi connectivity index (χ1) is 10.1. The highest BCUT2D eigenvalue weighted by atomic mass is 16.6. The van der Waals surface area contributed by atoms with Gasteiger partial charge in [0.1, 0.15) is 11.4 Å². The van der Waals surface area contributed by atoms with E-state index >= 15 is 0 Å². The molecule has 122 valence electrons. The second kappa shape index (κ2) is 5.47. The molecular formula is C17H26N2O3. The van der Waals surface area contributed by atoms with Crippen molar-refractivity contribution < 1.29 is 14.3 Å². The average Bonchev–Trinajstić information content (AvgIpc) is 2.86. The number of nitrogens with one attached hydrogen (secondary N) is 1. The Labute approximate surface area is 132 Å². The summed E-state index contributed by atoms with van der Waals surface area (Å²) in [6.07, 6.45) is -0.467. The summed E-state index contributed by atoms with van der Waals surface area (Å²) in [7, 11) is 1.62. The van der Waals surface area contributed by atoms with Gasteiger partial charge in [-0.25, -0.2) is 4.79 Å². The number of anilines is 1. The molecular weight excluding hydrogens is 280 g/mol. The summed E-state index contributed by atoms with van der Waals surface area (Å²) in [6.45, 7) is 9.75. The predicted octanol–water partition coefficient (Wildman–Crippen LogP) is 3.49. The standard InChI is InChI=1S/C17H26N2O3/c1-16(2,3)22-15(20)19-12-8-7-10(21-6)9-11(12)13-14(18)17(13,4)5/h7-9,13-14H,18H2,1-6H3,(H,19,20)/t13-,14-/m1/s1. The second-order valence-corrected chi connectivity index (χ2v) is 7.40. The van der Waals surface area contributed by atoms with Gasteiger partial charge in [-0.3, -0.25) is 5.32 Å². The van der Waals surface area contributed by atoms with Crippen molar-refractivity contribution in [3.8, 4) is 5.75 Å². The highest BCUT2D eigenvalue weighted by Gasteiger charge is 2.57. The Morgan fingerprint density at radius 2 is 1.91 bits per heavy atom. The van der Waals surface area contributed by atoms with E-state index in [-0.39, 0.29) is 17.4 Å². The fraction of sp³-hybridized carbons (Fsp3) is 0.588. The fourth-order valence-electron chi connectivity index (χ4n) is 2.72. The zero-order valence-corrected chi connectivity index (χ0v) is 14.2. The van der Waals surface area contributed by atoms with Crippen LogP contribution >= 0.6 is 0 Å². The highest BCUT2D eigenvalue weighted by Crippen LogP contribution is 2.59. The molecule has 1 fully saturated rings. The van der Waals surface area contributed by atoms with E-state index in [0.717, 1.165) is 17.0 Å². The first kappa shape index (κ1) is 16.6. The molecule has 0 bridgehead atoms. The molecule has 1 amide bonds. The summed E-state index contributed by atoms with van der Waals surface area (Å²) in [5.41, 5.74) is 7.37. The van der Waals surface area contributed by atoms with Gasteiger partial charge in [0.15, 0.2) is 0 Å². The molecule has 1 aromatic rings. The number of carbonyl (C=O) groups is 1. The molecule has 0 unspecified atom stereocenters. The summed E-state index contributed by atoms with van der Waals surface area (Å²) in [6, 6.07) is 5.65. The van der Waals surface area contributed by atoms with E-state index in [9.17, 15) is 4.79 Å². The van der Waals surface area contributed by atoms with Crippen LogP contribution in [0.3, 0.4) is 0 Å². The second-order valence-electron chi connectivity index (χ2n) is 7.40. The van der Waals surface area contributed by atoms with Gasteiger partial charge in [0.05, 0.1) is 7.11 Å². The molecule has 0 saturated heterocycles. The molecule has 3 N–H and O–H groups in total. The first-order valence-electron chi connectivity index (χ1n) is 7.50. The Balaban J connectivity index is 2.26. The third-order valence-electron chi connectivity index (χ3n) is 4.14. The zero-order valence-electron chi connectivity index (χ0n) is 14.2. The molecule has 1 aromatic carbocycles. The lowest BCUT2D eigenvalue weighted by atomic mass is 10.0. The third-order valence-corrected chi connectivity index (χ3v) is 4.14. The third kappa shape index (κ3) is 3.35. The Hall–Kier alpha value is -1.75. The average molecular weight is 306 g/mol. The SMILES string of the molecule is COc1ccc(NC(=O)OC(C)(C)C)c([C@@H]2[C@@H](N)C2(C)C)c1. The maximum atomic E-state index is 12.0. The molecule has 1 aliphatic rings. The fourth-order valence-corrected chi connectivity index (χ4v) is 2.72. The van der Waals surface area contributed by atoms with Crippen molar-refractivity contribution in [2.45, 2.75) is 52.2 Å². The van der Waals surface area contributed by atoms with Crippen LogP contribution in [-0.2, 0) is 4.74 Å². The Morgan fingerprint density at radius 1 is 1.32 bits per heavy atom. The summed E-state index contributed by atoms with van der Waals surface area (Å²) in [4.78, 5) is 12.0. The minimum absolute atomic E-state index is 0.0106. The summed E-state index contributed by atoms with van der Waals surface area (Å²) in [5.74, 6) is 0.937. The maximum Gasteiger partial charge on any atom is 0.412 e. The molecule has 0 heterocycles. The molecule has 2 atom stereocenters. The summed E-state index contributed by atoms with van der Waals surface area (Å²) >= 11 is 0. The van der Waals surface area contributed by atoms with E-state index in [0.29, 0.717) is 0 Å². The molecule has 0 spiro atoms. The minimum atomic E-state index is -0.536. The van der Waals surface area contributed by atoms with E-state index in [1.807, 2.05) is 39.0 Å². The highest BCUT2D eigenvalue weighted by molar-refractivity contribution is 5.86. The maximum absolute atomic E-state index is 12.0. The minimum Gasteiger partial charge on any atom is -0.497 e. The molecule has 2 rings (SSSR count). The largest absolute Gasteiger partial charge is 0.497 e. The van der Waals surface area contributed by atoms with E-state index in [2.05, 4.69) is 19.2 Å². The smallest absolute Gasteiger partial charge is 0.412 e. The van der Waals surface area contributed by atoms with Crippen molar-refractivity contribution in [3.63, 3.8) is 0 Å². The van der Waals surface area contributed by atoms with Crippen LogP contribution in [0.25, 0.3) is 0 Å². The molecule has 5 nitrogen and oxygen atoms in total.